The lowest BCUT2D eigenvalue weighted by Gasteiger charge is -2.38. The molecule has 2 aliphatic heterocycles. The van der Waals surface area contributed by atoms with Gasteiger partial charge in [0.15, 0.2) is 21.6 Å². The van der Waals surface area contributed by atoms with E-state index in [1.54, 1.807) is 16.7 Å². The normalized spacial score (nSPS) is 20.1. The van der Waals surface area contributed by atoms with Gasteiger partial charge in [-0.05, 0) is 30.5 Å². The number of ether oxygens (including phenoxy) is 2. The summed E-state index contributed by atoms with van der Waals surface area (Å²) >= 11 is 3.03. The second kappa shape index (κ2) is 8.15. The largest absolute Gasteiger partial charge is 0.454 e. The molecule has 1 aromatic heterocycles. The van der Waals surface area contributed by atoms with Crippen molar-refractivity contribution in [1.82, 2.24) is 10.2 Å². The summed E-state index contributed by atoms with van der Waals surface area (Å²) in [6.07, 6.45) is 1.84. The molecular formula is C22H21N5O3S2. The third-order valence-electron chi connectivity index (χ3n) is 5.57. The predicted octanol–water partition coefficient (Wildman–Crippen LogP) is 4.07. The summed E-state index contributed by atoms with van der Waals surface area (Å²) in [7, 11) is 0. The first-order valence-electron chi connectivity index (χ1n) is 10.3. The maximum Gasteiger partial charge on any atom is 0.231 e. The van der Waals surface area contributed by atoms with Gasteiger partial charge in [0.05, 0.1) is 17.6 Å². The molecule has 0 bridgehead atoms. The standard InChI is InChI=1S/C22H21N5O3S2/c1-11(2)31-22-26-25-21(32-22)27-14-4-3-5-15(28)19(14)18(13(9-23)20(27)24)12-6-7-16-17(8-12)30-10-29-16/h6-8,11,18H,3-5,10,24H2,1-2H3/t18-/m1/s1. The van der Waals surface area contributed by atoms with Gasteiger partial charge in [0, 0.05) is 22.9 Å². The Balaban J connectivity index is 1.65. The van der Waals surface area contributed by atoms with Crippen LogP contribution in [0.1, 0.15) is 44.6 Å². The molecule has 1 aliphatic carbocycles. The van der Waals surface area contributed by atoms with E-state index in [9.17, 15) is 10.1 Å². The van der Waals surface area contributed by atoms with E-state index in [2.05, 4.69) is 30.1 Å². The summed E-state index contributed by atoms with van der Waals surface area (Å²) in [6.45, 7) is 4.33. The van der Waals surface area contributed by atoms with E-state index in [4.69, 9.17) is 15.2 Å². The summed E-state index contributed by atoms with van der Waals surface area (Å²) in [5.74, 6) is 1.02. The topological polar surface area (TPSA) is 114 Å². The van der Waals surface area contributed by atoms with Crippen molar-refractivity contribution >= 4 is 34.0 Å². The fourth-order valence-corrected chi connectivity index (χ4v) is 6.38. The highest BCUT2D eigenvalue weighted by atomic mass is 32.2. The van der Waals surface area contributed by atoms with Crippen molar-refractivity contribution < 1.29 is 14.3 Å². The summed E-state index contributed by atoms with van der Waals surface area (Å²) in [4.78, 5) is 15.0. The van der Waals surface area contributed by atoms with Gasteiger partial charge >= 0.3 is 0 Å². The summed E-state index contributed by atoms with van der Waals surface area (Å²) in [5, 5.41) is 19.7. The van der Waals surface area contributed by atoms with Crippen LogP contribution in [0.4, 0.5) is 5.13 Å². The van der Waals surface area contributed by atoms with Gasteiger partial charge in [0.25, 0.3) is 0 Å². The average Bonchev–Trinajstić information content (AvgIpc) is 3.41. The van der Waals surface area contributed by atoms with Crippen molar-refractivity contribution in [2.45, 2.75) is 48.6 Å². The second-order valence-electron chi connectivity index (χ2n) is 7.95. The molecule has 0 amide bonds. The number of fused-ring (bicyclic) bond motifs is 1. The maximum absolute atomic E-state index is 13.2. The molecule has 0 spiro atoms. The van der Waals surface area contributed by atoms with Gasteiger partial charge in [-0.1, -0.05) is 43.0 Å². The number of benzene rings is 1. The van der Waals surface area contributed by atoms with Crippen molar-refractivity contribution in [3.63, 3.8) is 0 Å². The number of nitrogens with two attached hydrogens (primary N) is 1. The molecule has 0 fully saturated rings. The fourth-order valence-electron chi connectivity index (χ4n) is 4.27. The van der Waals surface area contributed by atoms with Crippen molar-refractivity contribution in [2.75, 3.05) is 11.7 Å². The number of nitriles is 1. The summed E-state index contributed by atoms with van der Waals surface area (Å²) in [6, 6.07) is 7.78. The number of hydrogen-bond donors (Lipinski definition) is 1. The first kappa shape index (κ1) is 20.8. The molecule has 8 nitrogen and oxygen atoms in total. The Morgan fingerprint density at radius 2 is 2.09 bits per heavy atom. The minimum Gasteiger partial charge on any atom is -0.454 e. The van der Waals surface area contributed by atoms with Gasteiger partial charge < -0.3 is 15.2 Å². The average molecular weight is 468 g/mol. The molecule has 3 heterocycles. The highest BCUT2D eigenvalue weighted by Crippen LogP contribution is 2.48. The molecule has 3 aliphatic rings. The van der Waals surface area contributed by atoms with Crippen LogP contribution in [0, 0.1) is 11.3 Å². The van der Waals surface area contributed by atoms with E-state index in [0.717, 1.165) is 22.0 Å². The van der Waals surface area contributed by atoms with E-state index in [1.165, 1.54) is 11.3 Å². The van der Waals surface area contributed by atoms with Crippen LogP contribution in [-0.4, -0.2) is 28.0 Å². The van der Waals surface area contributed by atoms with Gasteiger partial charge in [-0.2, -0.15) is 5.26 Å². The molecule has 1 atom stereocenters. The molecule has 0 radical (unpaired) electrons. The number of Topliss-reactive ketones (excluding diaryl/α,β-unsaturated/α-hetero) is 1. The smallest absolute Gasteiger partial charge is 0.231 e. The van der Waals surface area contributed by atoms with E-state index >= 15 is 0 Å². The van der Waals surface area contributed by atoms with Crippen LogP contribution in [0.2, 0.25) is 0 Å². The van der Waals surface area contributed by atoms with Gasteiger partial charge in [-0.3, -0.25) is 9.69 Å². The monoisotopic (exact) mass is 467 g/mol. The number of carbonyl (C=O) groups is 1. The van der Waals surface area contributed by atoms with Crippen LogP contribution in [0.15, 0.2) is 45.2 Å². The number of aromatic nitrogens is 2. The molecule has 0 saturated heterocycles. The maximum atomic E-state index is 13.2. The Kier molecular flexibility index (Phi) is 5.31. The first-order valence-corrected chi connectivity index (χ1v) is 12.0. The lowest BCUT2D eigenvalue weighted by Crippen LogP contribution is -2.38. The number of allylic oxidation sites excluding steroid dienone is 3. The van der Waals surface area contributed by atoms with Gasteiger partial charge in [-0.15, -0.1) is 10.2 Å². The molecule has 0 unspecified atom stereocenters. The van der Waals surface area contributed by atoms with Crippen molar-refractivity contribution in [3.8, 4) is 17.6 Å². The van der Waals surface area contributed by atoms with Crippen molar-refractivity contribution in [3.05, 3.63) is 46.4 Å². The number of nitrogens with zero attached hydrogens (tertiary/aromatic N) is 4. The predicted molar refractivity (Wildman–Crippen MR) is 121 cm³/mol. The summed E-state index contributed by atoms with van der Waals surface area (Å²) < 4.78 is 11.8. The number of anilines is 1. The zero-order valence-corrected chi connectivity index (χ0v) is 19.3. The van der Waals surface area contributed by atoms with Gasteiger partial charge in [0.1, 0.15) is 5.82 Å². The molecular weight excluding hydrogens is 446 g/mol. The number of rotatable bonds is 4. The summed E-state index contributed by atoms with van der Waals surface area (Å²) in [5.41, 5.74) is 9.10. The molecule has 1 aromatic carbocycles. The molecule has 2 aromatic rings. The highest BCUT2D eigenvalue weighted by Gasteiger charge is 2.41. The van der Waals surface area contributed by atoms with E-state index in [1.807, 2.05) is 18.2 Å². The quantitative estimate of drug-likeness (QED) is 0.664. The molecule has 2 N–H and O–H groups in total. The van der Waals surface area contributed by atoms with Crippen LogP contribution in [-0.2, 0) is 4.79 Å². The van der Waals surface area contributed by atoms with Crippen LogP contribution < -0.4 is 20.1 Å². The van der Waals surface area contributed by atoms with Crippen molar-refractivity contribution in [2.24, 2.45) is 5.73 Å². The Bertz CT molecular complexity index is 1210. The van der Waals surface area contributed by atoms with Crippen LogP contribution in [0.3, 0.4) is 0 Å². The Morgan fingerprint density at radius 3 is 2.88 bits per heavy atom. The molecule has 32 heavy (non-hydrogen) atoms. The molecule has 5 rings (SSSR count). The zero-order valence-electron chi connectivity index (χ0n) is 17.6. The Morgan fingerprint density at radius 1 is 1.28 bits per heavy atom. The van der Waals surface area contributed by atoms with E-state index in [0.29, 0.717) is 51.7 Å². The third kappa shape index (κ3) is 3.42. The molecule has 10 heteroatoms. The lowest BCUT2D eigenvalue weighted by atomic mass is 9.76. The number of carbonyl (C=O) groups excluding carboxylic acids is 1. The van der Waals surface area contributed by atoms with Gasteiger partial charge in [0.2, 0.25) is 11.9 Å². The highest BCUT2D eigenvalue weighted by molar-refractivity contribution is 8.01. The number of thioether (sulfide) groups is 1. The zero-order chi connectivity index (χ0) is 22.4. The molecule has 164 valence electrons. The second-order valence-corrected chi connectivity index (χ2v) is 10.7. The first-order chi connectivity index (χ1) is 15.5. The van der Waals surface area contributed by atoms with Crippen LogP contribution in [0.5, 0.6) is 11.5 Å². The van der Waals surface area contributed by atoms with Crippen LogP contribution in [0.25, 0.3) is 0 Å². The van der Waals surface area contributed by atoms with E-state index < -0.39 is 5.92 Å². The number of ketones is 1. The lowest BCUT2D eigenvalue weighted by molar-refractivity contribution is -0.116. The minimum absolute atomic E-state index is 0.0282. The fraction of sp³-hybridized carbons (Fsp3) is 0.364. The van der Waals surface area contributed by atoms with Crippen molar-refractivity contribution in [1.29, 1.82) is 5.26 Å². The Labute approximate surface area is 193 Å². The SMILES string of the molecule is CC(C)Sc1nnc(N2C(N)=C(C#N)[C@@H](c3ccc4c(c3)OCO4)C3=C2CCCC3=O)s1. The van der Waals surface area contributed by atoms with Gasteiger partial charge in [-0.25, -0.2) is 0 Å². The Hall–Kier alpha value is -3.03. The van der Waals surface area contributed by atoms with Crippen LogP contribution >= 0.6 is 23.1 Å². The minimum atomic E-state index is -0.550. The third-order valence-corrected chi connectivity index (χ3v) is 7.56. The van der Waals surface area contributed by atoms with E-state index in [-0.39, 0.29) is 12.6 Å². The number of hydrogen-bond acceptors (Lipinski definition) is 10. The molecule has 0 saturated carbocycles.